The first-order valence-electron chi connectivity index (χ1n) is 8.27. The fraction of sp³-hybridized carbons (Fsp3) is 0.167. The highest BCUT2D eigenvalue weighted by Gasteiger charge is 2.21. The van der Waals surface area contributed by atoms with Crippen molar-refractivity contribution >= 4 is 58.2 Å². The molecule has 0 radical (unpaired) electrons. The van der Waals surface area contributed by atoms with Crippen LogP contribution in [0.5, 0.6) is 5.75 Å². The Morgan fingerprint density at radius 2 is 1.93 bits per heavy atom. The number of aromatic nitrogens is 3. The highest BCUT2D eigenvalue weighted by molar-refractivity contribution is 8.00. The smallest absolute Gasteiger partial charge is 0.237 e. The summed E-state index contributed by atoms with van der Waals surface area (Å²) in [4.78, 5) is 12.5. The van der Waals surface area contributed by atoms with E-state index < -0.39 is 5.25 Å². The Labute approximate surface area is 186 Å². The number of carbonyl (C=O) groups excluding carboxylic acids is 1. The molecule has 1 heterocycles. The number of anilines is 1. The third-order valence-corrected chi connectivity index (χ3v) is 5.81. The fourth-order valence-corrected chi connectivity index (χ4v) is 3.93. The number of nitrogens with two attached hydrogens (primary N) is 1. The number of hydrogen-bond donors (Lipinski definition) is 2. The van der Waals surface area contributed by atoms with Crippen molar-refractivity contribution in [1.82, 2.24) is 14.9 Å². The van der Waals surface area contributed by atoms with E-state index in [9.17, 15) is 4.79 Å². The summed E-state index contributed by atoms with van der Waals surface area (Å²) in [5, 5.41) is 12.1. The summed E-state index contributed by atoms with van der Waals surface area (Å²) < 4.78 is 6.39. The van der Waals surface area contributed by atoms with Crippen LogP contribution in [0.25, 0.3) is 11.4 Å². The standard InChI is InChI=1S/C18H16Cl3N5O2S/c1-9(17(27)23-11-4-6-15(28-2)14(21)8-11)29-18-25-24-16(26(18)22)12-5-3-10(19)7-13(12)20/h3-9H,22H2,1-2H3,(H,23,27). The number of ether oxygens (including phenoxy) is 1. The number of amides is 1. The van der Waals surface area contributed by atoms with E-state index in [1.807, 2.05) is 0 Å². The molecular weight excluding hydrogens is 457 g/mol. The molecule has 0 bridgehead atoms. The van der Waals surface area contributed by atoms with Gasteiger partial charge >= 0.3 is 0 Å². The van der Waals surface area contributed by atoms with Gasteiger partial charge in [0, 0.05) is 16.3 Å². The van der Waals surface area contributed by atoms with Crippen LogP contribution in [-0.4, -0.2) is 33.1 Å². The lowest BCUT2D eigenvalue weighted by Crippen LogP contribution is -2.23. The molecule has 11 heteroatoms. The van der Waals surface area contributed by atoms with Gasteiger partial charge in [0.05, 0.1) is 22.4 Å². The molecule has 1 unspecified atom stereocenters. The van der Waals surface area contributed by atoms with Crippen LogP contribution < -0.4 is 15.9 Å². The second-order valence-electron chi connectivity index (χ2n) is 5.90. The molecule has 29 heavy (non-hydrogen) atoms. The van der Waals surface area contributed by atoms with Crippen molar-refractivity contribution in [3.8, 4) is 17.1 Å². The van der Waals surface area contributed by atoms with E-state index in [1.165, 1.54) is 11.8 Å². The van der Waals surface area contributed by atoms with E-state index >= 15 is 0 Å². The minimum absolute atomic E-state index is 0.245. The molecule has 0 aliphatic rings. The van der Waals surface area contributed by atoms with Gasteiger partial charge in [-0.15, -0.1) is 10.2 Å². The molecule has 1 aromatic heterocycles. The molecule has 1 atom stereocenters. The van der Waals surface area contributed by atoms with Crippen molar-refractivity contribution in [2.24, 2.45) is 0 Å². The van der Waals surface area contributed by atoms with Gasteiger partial charge in [-0.1, -0.05) is 46.6 Å². The molecule has 1 amide bonds. The van der Waals surface area contributed by atoms with Gasteiger partial charge in [-0.2, -0.15) is 0 Å². The second kappa shape index (κ2) is 9.13. The zero-order valence-corrected chi connectivity index (χ0v) is 18.4. The quantitative estimate of drug-likeness (QED) is 0.397. The van der Waals surface area contributed by atoms with Gasteiger partial charge in [-0.05, 0) is 43.3 Å². The van der Waals surface area contributed by atoms with E-state index in [0.717, 1.165) is 11.8 Å². The third-order valence-electron chi connectivity index (χ3n) is 3.91. The monoisotopic (exact) mass is 471 g/mol. The lowest BCUT2D eigenvalue weighted by Gasteiger charge is -2.12. The molecule has 0 aliphatic carbocycles. The maximum Gasteiger partial charge on any atom is 0.237 e. The van der Waals surface area contributed by atoms with Crippen LogP contribution in [0.3, 0.4) is 0 Å². The first kappa shape index (κ1) is 21.6. The van der Waals surface area contributed by atoms with E-state index in [4.69, 9.17) is 45.4 Å². The predicted molar refractivity (Wildman–Crippen MR) is 118 cm³/mol. The number of halogens is 3. The van der Waals surface area contributed by atoms with Crippen molar-refractivity contribution in [2.75, 3.05) is 18.3 Å². The summed E-state index contributed by atoms with van der Waals surface area (Å²) in [5.41, 5.74) is 1.14. The van der Waals surface area contributed by atoms with E-state index in [2.05, 4.69) is 15.5 Å². The van der Waals surface area contributed by atoms with Gasteiger partial charge in [0.25, 0.3) is 0 Å². The number of carbonyl (C=O) groups is 1. The van der Waals surface area contributed by atoms with Gasteiger partial charge in [0.15, 0.2) is 5.82 Å². The molecule has 152 valence electrons. The van der Waals surface area contributed by atoms with Gasteiger partial charge in [0.2, 0.25) is 11.1 Å². The number of rotatable bonds is 6. The minimum atomic E-state index is -0.504. The number of nitrogen functional groups attached to an aromatic ring is 1. The molecule has 0 saturated carbocycles. The van der Waals surface area contributed by atoms with Crippen LogP contribution in [0.2, 0.25) is 15.1 Å². The van der Waals surface area contributed by atoms with Gasteiger partial charge in [-0.3, -0.25) is 4.79 Å². The largest absolute Gasteiger partial charge is 0.495 e. The van der Waals surface area contributed by atoms with Gasteiger partial charge < -0.3 is 15.9 Å². The average molecular weight is 473 g/mol. The average Bonchev–Trinajstić information content (AvgIpc) is 3.02. The number of methoxy groups -OCH3 is 1. The normalized spacial score (nSPS) is 11.9. The molecule has 0 fully saturated rings. The molecule has 0 spiro atoms. The Hall–Kier alpha value is -2.13. The van der Waals surface area contributed by atoms with Crippen molar-refractivity contribution in [1.29, 1.82) is 0 Å². The number of nitrogens with zero attached hydrogens (tertiary/aromatic N) is 3. The summed E-state index contributed by atoms with van der Waals surface area (Å²) in [6.45, 7) is 1.73. The molecule has 0 aliphatic heterocycles. The fourth-order valence-electron chi connectivity index (χ4n) is 2.41. The van der Waals surface area contributed by atoms with Crippen molar-refractivity contribution in [2.45, 2.75) is 17.3 Å². The summed E-state index contributed by atoms with van der Waals surface area (Å²) in [7, 11) is 1.52. The Balaban J connectivity index is 1.72. The van der Waals surface area contributed by atoms with Crippen LogP contribution >= 0.6 is 46.6 Å². The van der Waals surface area contributed by atoms with E-state index in [0.29, 0.717) is 43.0 Å². The Kier molecular flexibility index (Phi) is 6.79. The molecule has 3 N–H and O–H groups in total. The molecule has 3 aromatic rings. The van der Waals surface area contributed by atoms with Crippen molar-refractivity contribution in [3.63, 3.8) is 0 Å². The maximum absolute atomic E-state index is 12.5. The highest BCUT2D eigenvalue weighted by atomic mass is 35.5. The molecule has 7 nitrogen and oxygen atoms in total. The van der Waals surface area contributed by atoms with Crippen LogP contribution in [0, 0.1) is 0 Å². The van der Waals surface area contributed by atoms with Gasteiger partial charge in [-0.25, -0.2) is 4.68 Å². The summed E-state index contributed by atoms with van der Waals surface area (Å²) in [6, 6.07) is 9.97. The summed E-state index contributed by atoms with van der Waals surface area (Å²) in [6.07, 6.45) is 0. The molecule has 0 saturated heterocycles. The van der Waals surface area contributed by atoms with Crippen LogP contribution in [0.4, 0.5) is 5.69 Å². The molecule has 2 aromatic carbocycles. The summed E-state index contributed by atoms with van der Waals surface area (Å²) in [5.74, 6) is 6.76. The first-order chi connectivity index (χ1) is 13.8. The molecular formula is C18H16Cl3N5O2S. The van der Waals surface area contributed by atoms with Gasteiger partial charge in [0.1, 0.15) is 5.75 Å². The van der Waals surface area contributed by atoms with Crippen molar-refractivity contribution < 1.29 is 9.53 Å². The summed E-state index contributed by atoms with van der Waals surface area (Å²) >= 11 is 19.4. The predicted octanol–water partition coefficient (Wildman–Crippen LogP) is 4.75. The Morgan fingerprint density at radius 1 is 1.17 bits per heavy atom. The zero-order valence-electron chi connectivity index (χ0n) is 15.3. The molecule has 3 rings (SSSR count). The minimum Gasteiger partial charge on any atom is -0.495 e. The highest BCUT2D eigenvalue weighted by Crippen LogP contribution is 2.32. The second-order valence-corrected chi connectivity index (χ2v) is 8.46. The lowest BCUT2D eigenvalue weighted by molar-refractivity contribution is -0.115. The number of nitrogens with one attached hydrogen (secondary N) is 1. The Morgan fingerprint density at radius 3 is 2.59 bits per heavy atom. The number of hydrogen-bond acceptors (Lipinski definition) is 6. The lowest BCUT2D eigenvalue weighted by atomic mass is 10.2. The van der Waals surface area contributed by atoms with Crippen LogP contribution in [-0.2, 0) is 4.79 Å². The first-order valence-corrected chi connectivity index (χ1v) is 10.3. The number of benzene rings is 2. The maximum atomic E-state index is 12.5. The van der Waals surface area contributed by atoms with Crippen molar-refractivity contribution in [3.05, 3.63) is 51.5 Å². The zero-order chi connectivity index (χ0) is 21.1. The van der Waals surface area contributed by atoms with Crippen LogP contribution in [0.1, 0.15) is 6.92 Å². The number of thioether (sulfide) groups is 1. The third kappa shape index (κ3) is 4.90. The Bertz CT molecular complexity index is 1060. The SMILES string of the molecule is COc1ccc(NC(=O)C(C)Sc2nnc(-c3ccc(Cl)cc3Cl)n2N)cc1Cl. The topological polar surface area (TPSA) is 95.1 Å². The van der Waals surface area contributed by atoms with E-state index in [1.54, 1.807) is 43.3 Å². The van der Waals surface area contributed by atoms with E-state index in [-0.39, 0.29) is 5.91 Å². The van der Waals surface area contributed by atoms with Crippen LogP contribution in [0.15, 0.2) is 41.6 Å².